The third-order valence-corrected chi connectivity index (χ3v) is 7.37. The molecular weight excluding hydrogens is 462 g/mol. The van der Waals surface area contributed by atoms with Crippen molar-refractivity contribution in [2.45, 2.75) is 38.7 Å². The zero-order valence-electron chi connectivity index (χ0n) is 19.4. The number of hydrogen-bond acceptors (Lipinski definition) is 5. The number of benzene rings is 2. The first-order chi connectivity index (χ1) is 15.6. The Morgan fingerprint density at radius 1 is 1.18 bits per heavy atom. The molecule has 1 N–H and O–H groups in total. The molecule has 180 valence electrons. The van der Waals surface area contributed by atoms with Crippen LogP contribution in [0.4, 0.5) is 11.4 Å². The van der Waals surface area contributed by atoms with E-state index in [1.165, 1.54) is 4.31 Å². The highest BCUT2D eigenvalue weighted by Crippen LogP contribution is 2.28. The molecule has 9 heteroatoms. The maximum Gasteiger partial charge on any atom is 0.232 e. The van der Waals surface area contributed by atoms with Gasteiger partial charge in [-0.3, -0.25) is 9.10 Å². The molecule has 0 spiro atoms. The minimum Gasteiger partial charge on any atom is -0.490 e. The lowest BCUT2D eigenvalue weighted by molar-refractivity contribution is -0.116. The van der Waals surface area contributed by atoms with Gasteiger partial charge in [0.2, 0.25) is 15.9 Å². The topological polar surface area (TPSA) is 79.0 Å². The molecule has 0 radical (unpaired) electrons. The van der Waals surface area contributed by atoms with E-state index in [0.29, 0.717) is 28.4 Å². The Labute approximate surface area is 201 Å². The average Bonchev–Trinajstić information content (AvgIpc) is 2.76. The summed E-state index contributed by atoms with van der Waals surface area (Å²) in [6.07, 6.45) is 3.97. The molecule has 1 aliphatic heterocycles. The summed E-state index contributed by atoms with van der Waals surface area (Å²) >= 11 is 6.16. The predicted octanol–water partition coefficient (Wildman–Crippen LogP) is 4.31. The number of ether oxygens (including phenoxy) is 1. The Balaban J connectivity index is 1.50. The lowest BCUT2D eigenvalue weighted by Crippen LogP contribution is -2.35. The number of halogens is 1. The van der Waals surface area contributed by atoms with Crippen molar-refractivity contribution in [3.63, 3.8) is 0 Å². The van der Waals surface area contributed by atoms with Crippen LogP contribution in [0.15, 0.2) is 42.5 Å². The Morgan fingerprint density at radius 2 is 1.85 bits per heavy atom. The van der Waals surface area contributed by atoms with Crippen molar-refractivity contribution in [2.75, 3.05) is 42.6 Å². The van der Waals surface area contributed by atoms with Crippen LogP contribution in [0, 0.1) is 6.92 Å². The van der Waals surface area contributed by atoms with Crippen molar-refractivity contribution in [3.05, 3.63) is 53.1 Å². The van der Waals surface area contributed by atoms with Crippen LogP contribution in [0.1, 0.15) is 31.2 Å². The molecule has 0 bridgehead atoms. The van der Waals surface area contributed by atoms with E-state index in [1.54, 1.807) is 25.1 Å². The Hall–Kier alpha value is -2.29. The summed E-state index contributed by atoms with van der Waals surface area (Å²) < 4.78 is 32.0. The zero-order chi connectivity index (χ0) is 24.0. The standard InChI is InChI=1S/C24H32ClN3O4S/c1-18-22(25)6-4-7-23(18)28(33(3,30)31)15-5-8-24(29)26-19-9-11-20(12-10-19)32-21-13-16-27(2)17-14-21/h4,6-7,9-12,21H,5,8,13-17H2,1-3H3,(H,26,29). The Bertz CT molecular complexity index is 1050. The summed E-state index contributed by atoms with van der Waals surface area (Å²) in [5.74, 6) is 0.624. The molecule has 33 heavy (non-hydrogen) atoms. The first-order valence-electron chi connectivity index (χ1n) is 11.1. The second kappa shape index (κ2) is 11.2. The van der Waals surface area contributed by atoms with E-state index in [1.807, 2.05) is 24.3 Å². The third kappa shape index (κ3) is 7.35. The largest absolute Gasteiger partial charge is 0.490 e. The molecule has 2 aromatic rings. The van der Waals surface area contributed by atoms with Gasteiger partial charge in [0.15, 0.2) is 0 Å². The number of sulfonamides is 1. The molecule has 0 aromatic heterocycles. The van der Waals surface area contributed by atoms with E-state index < -0.39 is 10.0 Å². The SMILES string of the molecule is Cc1c(Cl)cccc1N(CCCC(=O)Nc1ccc(OC2CCN(C)CC2)cc1)S(C)(=O)=O. The fourth-order valence-electron chi connectivity index (χ4n) is 3.85. The molecule has 1 saturated heterocycles. The number of nitrogens with one attached hydrogen (secondary N) is 1. The average molecular weight is 494 g/mol. The van der Waals surface area contributed by atoms with Gasteiger partial charge < -0.3 is 15.0 Å². The lowest BCUT2D eigenvalue weighted by Gasteiger charge is -2.29. The van der Waals surface area contributed by atoms with Crippen molar-refractivity contribution in [2.24, 2.45) is 0 Å². The van der Waals surface area contributed by atoms with Gasteiger partial charge in [-0.1, -0.05) is 17.7 Å². The monoisotopic (exact) mass is 493 g/mol. The second-order valence-electron chi connectivity index (χ2n) is 8.52. The molecule has 1 aliphatic rings. The van der Waals surface area contributed by atoms with Crippen LogP contribution in [-0.4, -0.2) is 58.3 Å². The van der Waals surface area contributed by atoms with Gasteiger partial charge in [-0.05, 0) is 75.2 Å². The molecule has 3 rings (SSSR count). The highest BCUT2D eigenvalue weighted by molar-refractivity contribution is 7.92. The van der Waals surface area contributed by atoms with Crippen LogP contribution in [-0.2, 0) is 14.8 Å². The van der Waals surface area contributed by atoms with E-state index in [-0.39, 0.29) is 25.0 Å². The molecule has 1 amide bonds. The van der Waals surface area contributed by atoms with Crippen LogP contribution in [0.5, 0.6) is 5.75 Å². The number of nitrogens with zero attached hydrogens (tertiary/aromatic N) is 2. The summed E-state index contributed by atoms with van der Waals surface area (Å²) in [6.45, 7) is 4.04. The van der Waals surface area contributed by atoms with Crippen molar-refractivity contribution in [1.29, 1.82) is 0 Å². The van der Waals surface area contributed by atoms with Crippen molar-refractivity contribution >= 4 is 38.9 Å². The van der Waals surface area contributed by atoms with Crippen LogP contribution in [0.3, 0.4) is 0 Å². The van der Waals surface area contributed by atoms with Gasteiger partial charge in [0.25, 0.3) is 0 Å². The predicted molar refractivity (Wildman–Crippen MR) is 134 cm³/mol. The molecule has 7 nitrogen and oxygen atoms in total. The molecule has 0 unspecified atom stereocenters. The Kier molecular flexibility index (Phi) is 8.62. The van der Waals surface area contributed by atoms with Crippen molar-refractivity contribution in [1.82, 2.24) is 4.90 Å². The first kappa shape index (κ1) is 25.3. The van der Waals surface area contributed by atoms with Gasteiger partial charge in [-0.25, -0.2) is 8.42 Å². The van der Waals surface area contributed by atoms with Crippen LogP contribution in [0.25, 0.3) is 0 Å². The van der Waals surface area contributed by atoms with E-state index in [2.05, 4.69) is 17.3 Å². The lowest BCUT2D eigenvalue weighted by atomic mass is 10.1. The minimum absolute atomic E-state index is 0.171. The fraction of sp³-hybridized carbons (Fsp3) is 0.458. The van der Waals surface area contributed by atoms with Crippen LogP contribution < -0.4 is 14.4 Å². The van der Waals surface area contributed by atoms with Crippen molar-refractivity contribution in [3.8, 4) is 5.75 Å². The summed E-state index contributed by atoms with van der Waals surface area (Å²) in [5.41, 5.74) is 1.91. The summed E-state index contributed by atoms with van der Waals surface area (Å²) in [6, 6.07) is 12.5. The summed E-state index contributed by atoms with van der Waals surface area (Å²) in [7, 11) is -1.39. The van der Waals surface area contributed by atoms with E-state index in [4.69, 9.17) is 16.3 Å². The quantitative estimate of drug-likeness (QED) is 0.563. The van der Waals surface area contributed by atoms with Gasteiger partial charge in [-0.15, -0.1) is 0 Å². The van der Waals surface area contributed by atoms with Gasteiger partial charge in [0, 0.05) is 36.8 Å². The first-order valence-corrected chi connectivity index (χ1v) is 13.3. The van der Waals surface area contributed by atoms with E-state index >= 15 is 0 Å². The number of carbonyl (C=O) groups excluding carboxylic acids is 1. The van der Waals surface area contributed by atoms with Crippen LogP contribution in [0.2, 0.25) is 5.02 Å². The number of likely N-dealkylation sites (tertiary alicyclic amines) is 1. The molecule has 0 aliphatic carbocycles. The number of piperidine rings is 1. The number of carbonyl (C=O) groups is 1. The van der Waals surface area contributed by atoms with Gasteiger partial charge in [0.05, 0.1) is 11.9 Å². The van der Waals surface area contributed by atoms with Crippen LogP contribution >= 0.6 is 11.6 Å². The van der Waals surface area contributed by atoms with E-state index in [0.717, 1.165) is 37.9 Å². The highest BCUT2D eigenvalue weighted by atomic mass is 35.5. The van der Waals surface area contributed by atoms with Gasteiger partial charge in [-0.2, -0.15) is 0 Å². The molecular formula is C24H32ClN3O4S. The normalized spacial score (nSPS) is 15.3. The molecule has 0 saturated carbocycles. The third-order valence-electron chi connectivity index (χ3n) is 5.78. The fourth-order valence-corrected chi connectivity index (χ4v) is 5.04. The van der Waals surface area contributed by atoms with Crippen molar-refractivity contribution < 1.29 is 17.9 Å². The number of rotatable bonds is 9. The molecule has 0 atom stereocenters. The minimum atomic E-state index is -3.51. The van der Waals surface area contributed by atoms with Gasteiger partial charge in [0.1, 0.15) is 11.9 Å². The second-order valence-corrected chi connectivity index (χ2v) is 10.8. The maximum atomic E-state index is 12.4. The molecule has 1 fully saturated rings. The Morgan fingerprint density at radius 3 is 2.48 bits per heavy atom. The van der Waals surface area contributed by atoms with Gasteiger partial charge >= 0.3 is 0 Å². The summed E-state index contributed by atoms with van der Waals surface area (Å²) in [5, 5.41) is 3.36. The smallest absolute Gasteiger partial charge is 0.232 e. The highest BCUT2D eigenvalue weighted by Gasteiger charge is 2.20. The number of hydrogen-bond donors (Lipinski definition) is 1. The molecule has 1 heterocycles. The van der Waals surface area contributed by atoms with E-state index in [9.17, 15) is 13.2 Å². The maximum absolute atomic E-state index is 12.4. The number of amides is 1. The zero-order valence-corrected chi connectivity index (χ0v) is 21.0. The molecule has 2 aromatic carbocycles. The summed E-state index contributed by atoms with van der Waals surface area (Å²) in [4.78, 5) is 14.7. The number of anilines is 2.